The van der Waals surface area contributed by atoms with Gasteiger partial charge in [-0.3, -0.25) is 4.99 Å². The number of halogens is 1. The van der Waals surface area contributed by atoms with Gasteiger partial charge in [-0.15, -0.1) is 34.2 Å². The summed E-state index contributed by atoms with van der Waals surface area (Å²) < 4.78 is 2.65. The van der Waals surface area contributed by atoms with E-state index in [0.29, 0.717) is 4.75 Å². The normalized spacial score (nSPS) is 20.1. The molecule has 0 aromatic carbocycles. The first-order valence-corrected chi connectivity index (χ1v) is 10.6. The summed E-state index contributed by atoms with van der Waals surface area (Å²) in [7, 11) is 1.88. The zero-order valence-corrected chi connectivity index (χ0v) is 19.5. The molecule has 0 bridgehead atoms. The third-order valence-corrected chi connectivity index (χ3v) is 6.28. The van der Waals surface area contributed by atoms with Crippen LogP contribution in [-0.4, -0.2) is 62.8 Å². The summed E-state index contributed by atoms with van der Waals surface area (Å²) in [5, 5.41) is 12.4. The van der Waals surface area contributed by atoms with Gasteiger partial charge < -0.3 is 14.8 Å². The number of fused-ring (bicyclic) bond motifs is 1. The van der Waals surface area contributed by atoms with E-state index in [1.165, 1.54) is 30.8 Å². The van der Waals surface area contributed by atoms with Crippen LogP contribution < -0.4 is 5.32 Å². The average molecular weight is 492 g/mol. The Morgan fingerprint density at radius 1 is 1.23 bits per heavy atom. The summed E-state index contributed by atoms with van der Waals surface area (Å²) in [5.74, 6) is 4.54. The molecule has 1 N–H and O–H groups in total. The number of thioether (sulfide) groups is 1. The number of guanidine groups is 1. The first-order valence-electron chi connectivity index (χ1n) is 9.59. The lowest BCUT2D eigenvalue weighted by molar-refractivity contribution is 0.375. The number of hydrogen-bond donors (Lipinski definition) is 1. The number of nitrogens with one attached hydrogen (secondary N) is 1. The minimum atomic E-state index is 0. The van der Waals surface area contributed by atoms with Gasteiger partial charge in [0, 0.05) is 56.6 Å². The van der Waals surface area contributed by atoms with E-state index < -0.39 is 0 Å². The Balaban J connectivity index is 0.00000243. The highest BCUT2D eigenvalue weighted by molar-refractivity contribution is 14.0. The lowest BCUT2D eigenvalue weighted by atomic mass is 10.2. The Hall–Kier alpha value is -0.510. The van der Waals surface area contributed by atoms with Crippen molar-refractivity contribution in [1.82, 2.24) is 25.0 Å². The van der Waals surface area contributed by atoms with Crippen LogP contribution in [0.25, 0.3) is 0 Å². The van der Waals surface area contributed by atoms with Gasteiger partial charge in [0.05, 0.1) is 0 Å². The maximum Gasteiger partial charge on any atom is 0.193 e. The Morgan fingerprint density at radius 3 is 2.85 bits per heavy atom. The lowest BCUT2D eigenvalue weighted by Gasteiger charge is -2.39. The van der Waals surface area contributed by atoms with Gasteiger partial charge in [-0.2, -0.15) is 11.8 Å². The van der Waals surface area contributed by atoms with Crippen LogP contribution in [-0.2, 0) is 19.4 Å². The highest BCUT2D eigenvalue weighted by atomic mass is 127. The molecule has 3 rings (SSSR count). The van der Waals surface area contributed by atoms with Gasteiger partial charge in [-0.05, 0) is 33.1 Å². The summed E-state index contributed by atoms with van der Waals surface area (Å²) in [6.45, 7) is 8.77. The number of aliphatic imine (C=N–C) groups is 1. The minimum absolute atomic E-state index is 0. The lowest BCUT2D eigenvalue weighted by Crippen LogP contribution is -2.51. The SMILES string of the molecule is CN=C(NCCCc1nnc2n1CCCCC2)N1CCSC(C)(C)C1.I. The van der Waals surface area contributed by atoms with Crippen molar-refractivity contribution < 1.29 is 0 Å². The van der Waals surface area contributed by atoms with Gasteiger partial charge in [0.15, 0.2) is 5.96 Å². The molecule has 8 heteroatoms. The largest absolute Gasteiger partial charge is 0.356 e. The van der Waals surface area contributed by atoms with Crippen LogP contribution in [0.3, 0.4) is 0 Å². The van der Waals surface area contributed by atoms with E-state index in [4.69, 9.17) is 0 Å². The van der Waals surface area contributed by atoms with Gasteiger partial charge in [0.25, 0.3) is 0 Å². The van der Waals surface area contributed by atoms with Crippen LogP contribution in [0.15, 0.2) is 4.99 Å². The van der Waals surface area contributed by atoms with Crippen molar-refractivity contribution in [3.05, 3.63) is 11.6 Å². The Labute approximate surface area is 179 Å². The van der Waals surface area contributed by atoms with E-state index in [-0.39, 0.29) is 24.0 Å². The van der Waals surface area contributed by atoms with E-state index in [1.54, 1.807) is 0 Å². The molecule has 0 atom stereocenters. The molecule has 26 heavy (non-hydrogen) atoms. The first kappa shape index (κ1) is 21.8. The summed E-state index contributed by atoms with van der Waals surface area (Å²) in [6.07, 6.45) is 6.94. The molecule has 0 radical (unpaired) electrons. The Morgan fingerprint density at radius 2 is 2.08 bits per heavy atom. The van der Waals surface area contributed by atoms with Gasteiger partial charge in [-0.25, -0.2) is 0 Å². The number of rotatable bonds is 4. The Bertz CT molecular complexity index is 601. The van der Waals surface area contributed by atoms with Crippen molar-refractivity contribution in [2.75, 3.05) is 32.4 Å². The molecule has 2 aliphatic heterocycles. The molecule has 0 amide bonds. The van der Waals surface area contributed by atoms with E-state index >= 15 is 0 Å². The molecular formula is C18H33IN6S. The molecule has 148 valence electrons. The molecule has 0 unspecified atom stereocenters. The molecule has 6 nitrogen and oxygen atoms in total. The van der Waals surface area contributed by atoms with Crippen molar-refractivity contribution in [1.29, 1.82) is 0 Å². The highest BCUT2D eigenvalue weighted by Crippen LogP contribution is 2.29. The van der Waals surface area contributed by atoms with E-state index in [2.05, 4.69) is 55.6 Å². The topological polar surface area (TPSA) is 58.3 Å². The summed E-state index contributed by atoms with van der Waals surface area (Å²) in [5.41, 5.74) is 0. The zero-order chi connectivity index (χ0) is 17.7. The number of hydrogen-bond acceptors (Lipinski definition) is 4. The second kappa shape index (κ2) is 10.1. The third kappa shape index (κ3) is 5.74. The number of aromatic nitrogens is 3. The fourth-order valence-corrected chi connectivity index (χ4v) is 4.82. The molecular weight excluding hydrogens is 459 g/mol. The van der Waals surface area contributed by atoms with Crippen LogP contribution in [0, 0.1) is 0 Å². The summed E-state index contributed by atoms with van der Waals surface area (Å²) in [6, 6.07) is 0. The molecule has 1 aromatic rings. The zero-order valence-electron chi connectivity index (χ0n) is 16.3. The van der Waals surface area contributed by atoms with Gasteiger partial charge in [-0.1, -0.05) is 6.42 Å². The predicted molar refractivity (Wildman–Crippen MR) is 121 cm³/mol. The Kier molecular flexibility index (Phi) is 8.50. The molecule has 3 heterocycles. The second-order valence-electron chi connectivity index (χ2n) is 7.60. The van der Waals surface area contributed by atoms with Crippen LogP contribution in [0.5, 0.6) is 0 Å². The standard InChI is InChI=1S/C18H32N6S.HI/c1-18(2)14-23(12-13-25-18)17(19-3)20-10-7-9-16-22-21-15-8-5-4-6-11-24(15)16;/h4-14H2,1-3H3,(H,19,20);1H. The molecule has 0 spiro atoms. The number of nitrogens with zero attached hydrogens (tertiary/aromatic N) is 5. The predicted octanol–water partition coefficient (Wildman–Crippen LogP) is 2.96. The maximum atomic E-state index is 4.48. The molecule has 2 aliphatic rings. The van der Waals surface area contributed by atoms with Crippen molar-refractivity contribution in [2.45, 2.75) is 63.7 Å². The monoisotopic (exact) mass is 492 g/mol. The smallest absolute Gasteiger partial charge is 0.193 e. The van der Waals surface area contributed by atoms with Crippen molar-refractivity contribution in [2.24, 2.45) is 4.99 Å². The van der Waals surface area contributed by atoms with E-state index in [1.807, 2.05) is 7.05 Å². The average Bonchev–Trinajstić information content (AvgIpc) is 2.81. The number of aryl methyl sites for hydroxylation is 2. The molecule has 0 aliphatic carbocycles. The van der Waals surface area contributed by atoms with Crippen LogP contribution in [0.4, 0.5) is 0 Å². The second-order valence-corrected chi connectivity index (χ2v) is 9.40. The van der Waals surface area contributed by atoms with Crippen LogP contribution >= 0.6 is 35.7 Å². The van der Waals surface area contributed by atoms with Crippen molar-refractivity contribution >= 4 is 41.7 Å². The molecule has 1 fully saturated rings. The first-order chi connectivity index (χ1) is 12.1. The van der Waals surface area contributed by atoms with Gasteiger partial charge in [0.1, 0.15) is 11.6 Å². The van der Waals surface area contributed by atoms with Gasteiger partial charge >= 0.3 is 0 Å². The fourth-order valence-electron chi connectivity index (χ4n) is 3.71. The van der Waals surface area contributed by atoms with E-state index in [0.717, 1.165) is 57.2 Å². The molecule has 1 aromatic heterocycles. The van der Waals surface area contributed by atoms with Crippen molar-refractivity contribution in [3.8, 4) is 0 Å². The molecule has 1 saturated heterocycles. The van der Waals surface area contributed by atoms with Gasteiger partial charge in [0.2, 0.25) is 0 Å². The third-order valence-electron chi connectivity index (χ3n) is 4.98. The summed E-state index contributed by atoms with van der Waals surface area (Å²) >= 11 is 2.05. The van der Waals surface area contributed by atoms with Crippen LogP contribution in [0.1, 0.15) is 51.2 Å². The van der Waals surface area contributed by atoms with E-state index in [9.17, 15) is 0 Å². The molecule has 0 saturated carbocycles. The highest BCUT2D eigenvalue weighted by Gasteiger charge is 2.28. The fraction of sp³-hybridized carbons (Fsp3) is 0.833. The minimum Gasteiger partial charge on any atom is -0.356 e. The summed E-state index contributed by atoms with van der Waals surface area (Å²) in [4.78, 5) is 6.87. The van der Waals surface area contributed by atoms with Crippen LogP contribution in [0.2, 0.25) is 0 Å². The quantitative estimate of drug-likeness (QED) is 0.303. The maximum absolute atomic E-state index is 4.48. The van der Waals surface area contributed by atoms with Crippen molar-refractivity contribution in [3.63, 3.8) is 0 Å².